The maximum atomic E-state index is 11.9. The molecule has 1 aliphatic heterocycles. The number of aromatic nitrogens is 1. The van der Waals surface area contributed by atoms with Crippen LogP contribution in [0.15, 0.2) is 71.9 Å². The Bertz CT molecular complexity index is 1110. The number of amides is 1. The van der Waals surface area contributed by atoms with Crippen LogP contribution in [0.25, 0.3) is 0 Å². The summed E-state index contributed by atoms with van der Waals surface area (Å²) in [6.07, 6.45) is 4.10. The van der Waals surface area contributed by atoms with E-state index in [2.05, 4.69) is 16.4 Å². The highest BCUT2D eigenvalue weighted by atomic mass is 16.5. The molecule has 29 heavy (non-hydrogen) atoms. The van der Waals surface area contributed by atoms with Gasteiger partial charge in [0.2, 0.25) is 0 Å². The van der Waals surface area contributed by atoms with Crippen molar-refractivity contribution in [3.05, 3.63) is 83.6 Å². The van der Waals surface area contributed by atoms with Gasteiger partial charge in [-0.1, -0.05) is 24.3 Å². The van der Waals surface area contributed by atoms with E-state index in [1.165, 1.54) is 0 Å². The molecular weight excluding hydrogens is 366 g/mol. The number of benzene rings is 2. The van der Waals surface area contributed by atoms with Gasteiger partial charge in [-0.15, -0.1) is 5.59 Å². The fourth-order valence-electron chi connectivity index (χ4n) is 3.66. The molecule has 1 saturated carbocycles. The van der Waals surface area contributed by atoms with E-state index in [1.807, 2.05) is 48.7 Å². The van der Waals surface area contributed by atoms with Crippen molar-refractivity contribution >= 4 is 28.8 Å². The Kier molecular flexibility index (Phi) is 4.31. The number of hydrazine groups is 1. The first-order valence-corrected chi connectivity index (χ1v) is 9.48. The summed E-state index contributed by atoms with van der Waals surface area (Å²) in [5.74, 6) is 0.485. The molecule has 1 aliphatic carbocycles. The van der Waals surface area contributed by atoms with E-state index in [0.717, 1.165) is 46.9 Å². The van der Waals surface area contributed by atoms with Gasteiger partial charge in [-0.25, -0.2) is 9.98 Å². The molecule has 3 aromatic rings. The van der Waals surface area contributed by atoms with Crippen LogP contribution in [-0.2, 0) is 0 Å². The summed E-state index contributed by atoms with van der Waals surface area (Å²) in [6, 6.07) is 19.7. The van der Waals surface area contributed by atoms with Gasteiger partial charge < -0.3 is 4.90 Å². The maximum Gasteiger partial charge on any atom is 0.267 e. The lowest BCUT2D eigenvalue weighted by Gasteiger charge is -2.25. The Labute approximate surface area is 167 Å². The molecule has 7 heteroatoms. The van der Waals surface area contributed by atoms with Gasteiger partial charge in [0.05, 0.1) is 17.1 Å². The molecular formula is C22H19N5O2. The molecule has 1 amide bonds. The smallest absolute Gasteiger partial charge is 0.267 e. The van der Waals surface area contributed by atoms with Crippen molar-refractivity contribution in [1.29, 1.82) is 0 Å². The molecule has 2 aromatic carbocycles. The minimum absolute atomic E-state index is 0.422. The van der Waals surface area contributed by atoms with Crippen LogP contribution >= 0.6 is 0 Å². The number of anilines is 2. The number of para-hydroxylation sites is 2. The zero-order chi connectivity index (χ0) is 19.8. The predicted octanol–water partition coefficient (Wildman–Crippen LogP) is 3.49. The summed E-state index contributed by atoms with van der Waals surface area (Å²) in [5.41, 5.74) is 8.87. The number of hydrogen-bond donors (Lipinski definition) is 3. The molecule has 5 rings (SSSR count). The van der Waals surface area contributed by atoms with Crippen LogP contribution in [0.2, 0.25) is 0 Å². The first-order valence-electron chi connectivity index (χ1n) is 9.48. The molecule has 2 heterocycles. The zero-order valence-electron chi connectivity index (χ0n) is 15.5. The lowest BCUT2D eigenvalue weighted by molar-refractivity contribution is 0.0731. The Hall–Kier alpha value is -3.55. The number of nitrogens with zero attached hydrogens (tertiary/aromatic N) is 3. The Morgan fingerprint density at radius 3 is 2.59 bits per heavy atom. The van der Waals surface area contributed by atoms with Gasteiger partial charge in [-0.05, 0) is 49.2 Å². The van der Waals surface area contributed by atoms with E-state index in [-0.39, 0.29) is 0 Å². The van der Waals surface area contributed by atoms with Gasteiger partial charge in [0.15, 0.2) is 0 Å². The first-order chi connectivity index (χ1) is 14.3. The summed E-state index contributed by atoms with van der Waals surface area (Å²) in [5, 5.41) is 8.65. The summed E-state index contributed by atoms with van der Waals surface area (Å²) in [6.45, 7) is 0. The molecule has 0 spiro atoms. The topological polar surface area (TPSA) is 89.8 Å². The van der Waals surface area contributed by atoms with Crippen molar-refractivity contribution < 1.29 is 10.0 Å². The van der Waals surface area contributed by atoms with Gasteiger partial charge in [0, 0.05) is 28.9 Å². The number of hydrogen-bond acceptors (Lipinski definition) is 6. The van der Waals surface area contributed by atoms with Crippen LogP contribution in [-0.4, -0.2) is 27.9 Å². The van der Waals surface area contributed by atoms with Gasteiger partial charge in [-0.3, -0.25) is 15.4 Å². The van der Waals surface area contributed by atoms with Crippen molar-refractivity contribution in [3.8, 4) is 0 Å². The molecule has 0 atom stereocenters. The quantitative estimate of drug-likeness (QED) is 0.598. The molecule has 7 nitrogen and oxygen atoms in total. The van der Waals surface area contributed by atoms with E-state index < -0.39 is 5.91 Å². The second kappa shape index (κ2) is 7.12. The highest BCUT2D eigenvalue weighted by molar-refractivity contribution is 6.18. The molecule has 0 saturated heterocycles. The fourth-order valence-corrected chi connectivity index (χ4v) is 3.66. The second-order valence-electron chi connectivity index (χ2n) is 7.07. The lowest BCUT2D eigenvalue weighted by Crippen LogP contribution is -2.34. The third kappa shape index (κ3) is 3.16. The van der Waals surface area contributed by atoms with Crippen LogP contribution < -0.4 is 15.9 Å². The van der Waals surface area contributed by atoms with E-state index in [9.17, 15) is 4.79 Å². The third-order valence-electron chi connectivity index (χ3n) is 5.15. The SMILES string of the molecule is O=C(NNO)c1ccc(C2=Nc3ccccc3N(C3CC3)c3ncccc32)cc1. The first kappa shape index (κ1) is 17.5. The molecule has 0 unspecified atom stereocenters. The number of pyridine rings is 1. The summed E-state index contributed by atoms with van der Waals surface area (Å²) in [4.78, 5) is 23.9. The van der Waals surface area contributed by atoms with Gasteiger partial charge >= 0.3 is 0 Å². The molecule has 1 fully saturated rings. The van der Waals surface area contributed by atoms with Crippen LogP contribution in [0, 0.1) is 0 Å². The molecule has 1 aromatic heterocycles. The van der Waals surface area contributed by atoms with E-state index in [0.29, 0.717) is 11.6 Å². The van der Waals surface area contributed by atoms with Gasteiger partial charge in [0.1, 0.15) is 5.82 Å². The fraction of sp³-hybridized carbons (Fsp3) is 0.136. The summed E-state index contributed by atoms with van der Waals surface area (Å²) < 4.78 is 0. The van der Waals surface area contributed by atoms with E-state index >= 15 is 0 Å². The number of carbonyl (C=O) groups is 1. The van der Waals surface area contributed by atoms with Crippen molar-refractivity contribution in [2.24, 2.45) is 4.99 Å². The van der Waals surface area contributed by atoms with Crippen molar-refractivity contribution in [3.63, 3.8) is 0 Å². The van der Waals surface area contributed by atoms with Crippen LogP contribution in [0.4, 0.5) is 17.2 Å². The number of carbonyl (C=O) groups excluding carboxylic acids is 1. The monoisotopic (exact) mass is 385 g/mol. The Morgan fingerprint density at radius 2 is 1.83 bits per heavy atom. The molecule has 3 N–H and O–H groups in total. The van der Waals surface area contributed by atoms with Crippen LogP contribution in [0.3, 0.4) is 0 Å². The number of nitrogens with one attached hydrogen (secondary N) is 2. The highest BCUT2D eigenvalue weighted by Gasteiger charge is 2.35. The van der Waals surface area contributed by atoms with Crippen molar-refractivity contribution in [2.45, 2.75) is 18.9 Å². The average molecular weight is 385 g/mol. The number of fused-ring (bicyclic) bond motifs is 2. The van der Waals surface area contributed by atoms with Crippen LogP contribution in [0.5, 0.6) is 0 Å². The highest BCUT2D eigenvalue weighted by Crippen LogP contribution is 2.45. The van der Waals surface area contributed by atoms with Gasteiger partial charge in [0.25, 0.3) is 5.91 Å². The molecule has 2 aliphatic rings. The number of aliphatic imine (C=N–C) groups is 1. The summed E-state index contributed by atoms with van der Waals surface area (Å²) >= 11 is 0. The number of rotatable bonds is 4. The second-order valence-corrected chi connectivity index (χ2v) is 7.07. The van der Waals surface area contributed by atoms with Crippen molar-refractivity contribution in [1.82, 2.24) is 16.0 Å². The van der Waals surface area contributed by atoms with Gasteiger partial charge in [-0.2, -0.15) is 0 Å². The molecule has 0 bridgehead atoms. The minimum atomic E-state index is -0.422. The maximum absolute atomic E-state index is 11.9. The normalized spacial score (nSPS) is 15.1. The predicted molar refractivity (Wildman–Crippen MR) is 110 cm³/mol. The van der Waals surface area contributed by atoms with E-state index in [1.54, 1.807) is 17.7 Å². The lowest BCUT2D eigenvalue weighted by atomic mass is 10.0. The molecule has 144 valence electrons. The zero-order valence-corrected chi connectivity index (χ0v) is 15.5. The van der Waals surface area contributed by atoms with Crippen LogP contribution in [0.1, 0.15) is 34.3 Å². The minimum Gasteiger partial charge on any atom is -0.321 e. The average Bonchev–Trinajstić information content (AvgIpc) is 3.59. The Morgan fingerprint density at radius 1 is 1.03 bits per heavy atom. The summed E-state index contributed by atoms with van der Waals surface area (Å²) in [7, 11) is 0. The molecule has 0 radical (unpaired) electrons. The standard InChI is InChI=1S/C22H19N5O2/c28-22(25-26-29)15-9-7-14(8-10-15)20-17-4-3-13-23-21(17)27(16-11-12-16)19-6-2-1-5-18(19)24-20/h1-10,13,16,26,29H,11-12H2,(H,25,28). The Balaban J connectivity index is 1.65. The van der Waals surface area contributed by atoms with Crippen molar-refractivity contribution in [2.75, 3.05) is 4.90 Å². The van der Waals surface area contributed by atoms with E-state index in [4.69, 9.17) is 15.2 Å². The largest absolute Gasteiger partial charge is 0.321 e. The third-order valence-corrected chi connectivity index (χ3v) is 5.15.